The molecule has 9 aromatic rings. The Kier molecular flexibility index (Phi) is 7.41. The van der Waals surface area contributed by atoms with Gasteiger partial charge in [-0.2, -0.15) is 0 Å². The predicted molar refractivity (Wildman–Crippen MR) is 204 cm³/mol. The molecule has 5 heteroatoms. The monoisotopic (exact) mass is 642 g/mol. The van der Waals surface area contributed by atoms with Crippen LogP contribution in [0.15, 0.2) is 186 Å². The van der Waals surface area contributed by atoms with Crippen LogP contribution < -0.4 is 4.90 Å². The summed E-state index contributed by atoms with van der Waals surface area (Å²) >= 11 is 0. The summed E-state index contributed by atoms with van der Waals surface area (Å²) in [6, 6.07) is 62.2. The Morgan fingerprint density at radius 1 is 0.340 bits per heavy atom. The van der Waals surface area contributed by atoms with Crippen LogP contribution in [0.2, 0.25) is 0 Å². The molecule has 7 aromatic carbocycles. The van der Waals surface area contributed by atoms with Crippen LogP contribution in [0.1, 0.15) is 0 Å². The van der Waals surface area contributed by atoms with Gasteiger partial charge in [0.15, 0.2) is 17.5 Å². The third-order valence-corrected chi connectivity index (χ3v) is 8.94. The molecule has 0 saturated carbocycles. The molecule has 0 aliphatic heterocycles. The molecular weight excluding hydrogens is 613 g/mol. The van der Waals surface area contributed by atoms with Crippen molar-refractivity contribution < 1.29 is 4.42 Å². The average molecular weight is 643 g/mol. The first kappa shape index (κ1) is 29.3. The lowest BCUT2D eigenvalue weighted by Gasteiger charge is -2.26. The number of nitrogens with zero attached hydrogens (tertiary/aromatic N) is 4. The minimum absolute atomic E-state index is 0.617. The Labute approximate surface area is 289 Å². The van der Waals surface area contributed by atoms with Crippen molar-refractivity contribution in [1.82, 2.24) is 15.0 Å². The summed E-state index contributed by atoms with van der Waals surface area (Å²) in [7, 11) is 0. The van der Waals surface area contributed by atoms with E-state index in [4.69, 9.17) is 19.4 Å². The zero-order valence-corrected chi connectivity index (χ0v) is 27.0. The van der Waals surface area contributed by atoms with E-state index in [-0.39, 0.29) is 0 Å². The molecule has 236 valence electrons. The summed E-state index contributed by atoms with van der Waals surface area (Å²) in [6.45, 7) is 0. The van der Waals surface area contributed by atoms with Gasteiger partial charge in [-0.05, 0) is 65.7 Å². The molecule has 0 saturated heterocycles. The maximum atomic E-state index is 6.32. The molecule has 0 bridgehead atoms. The molecular formula is C45H30N4O. The summed E-state index contributed by atoms with van der Waals surface area (Å²) in [5.74, 6) is 1.89. The van der Waals surface area contributed by atoms with Crippen LogP contribution in [-0.2, 0) is 0 Å². The number of aromatic nitrogens is 3. The second kappa shape index (κ2) is 12.6. The molecule has 50 heavy (non-hydrogen) atoms. The fourth-order valence-corrected chi connectivity index (χ4v) is 6.50. The van der Waals surface area contributed by atoms with Crippen molar-refractivity contribution in [2.75, 3.05) is 4.90 Å². The highest BCUT2D eigenvalue weighted by atomic mass is 16.3. The van der Waals surface area contributed by atoms with Gasteiger partial charge in [0, 0.05) is 33.5 Å². The maximum Gasteiger partial charge on any atom is 0.164 e. The van der Waals surface area contributed by atoms with Gasteiger partial charge in [0.05, 0.1) is 11.1 Å². The van der Waals surface area contributed by atoms with Crippen LogP contribution in [0.3, 0.4) is 0 Å². The minimum atomic E-state index is 0.617. The van der Waals surface area contributed by atoms with E-state index in [1.54, 1.807) is 0 Å². The van der Waals surface area contributed by atoms with Gasteiger partial charge in [-0.1, -0.05) is 127 Å². The van der Waals surface area contributed by atoms with Crippen LogP contribution in [0.4, 0.5) is 17.1 Å². The second-order valence-electron chi connectivity index (χ2n) is 12.1. The SMILES string of the molecule is c1ccc(-c2ccc(N(c3ccc(-c4nc(-c5ccccc5)nc(-c5ccccc5)n4)cc3)c3cccc4oc5ccccc5c34)cc2)cc1. The molecule has 0 amide bonds. The van der Waals surface area contributed by atoms with E-state index < -0.39 is 0 Å². The molecule has 0 radical (unpaired) electrons. The number of furan rings is 1. The smallest absolute Gasteiger partial charge is 0.164 e. The topological polar surface area (TPSA) is 55.1 Å². The van der Waals surface area contributed by atoms with Gasteiger partial charge in [0.2, 0.25) is 0 Å². The van der Waals surface area contributed by atoms with Gasteiger partial charge < -0.3 is 9.32 Å². The zero-order chi connectivity index (χ0) is 33.3. The number of hydrogen-bond donors (Lipinski definition) is 0. The normalized spacial score (nSPS) is 11.2. The summed E-state index contributed by atoms with van der Waals surface area (Å²) in [5, 5.41) is 2.14. The molecule has 0 aliphatic rings. The summed E-state index contributed by atoms with van der Waals surface area (Å²) in [4.78, 5) is 17.1. The van der Waals surface area contributed by atoms with Crippen LogP contribution >= 0.6 is 0 Å². The average Bonchev–Trinajstić information content (AvgIpc) is 3.59. The van der Waals surface area contributed by atoms with E-state index in [9.17, 15) is 0 Å². The van der Waals surface area contributed by atoms with Crippen molar-refractivity contribution in [2.45, 2.75) is 0 Å². The Bertz CT molecular complexity index is 2510. The fraction of sp³-hybridized carbons (Fsp3) is 0. The number of benzene rings is 7. The maximum absolute atomic E-state index is 6.32. The van der Waals surface area contributed by atoms with Gasteiger partial charge in [-0.3, -0.25) is 0 Å². The van der Waals surface area contributed by atoms with Crippen molar-refractivity contribution in [2.24, 2.45) is 0 Å². The third-order valence-electron chi connectivity index (χ3n) is 8.94. The molecule has 0 aliphatic carbocycles. The Morgan fingerprint density at radius 2 is 0.760 bits per heavy atom. The van der Waals surface area contributed by atoms with Crippen LogP contribution in [-0.4, -0.2) is 15.0 Å². The van der Waals surface area contributed by atoms with E-state index in [0.717, 1.165) is 61.3 Å². The number of rotatable bonds is 7. The second-order valence-corrected chi connectivity index (χ2v) is 12.1. The molecule has 0 atom stereocenters. The molecule has 2 heterocycles. The summed E-state index contributed by atoms with van der Waals surface area (Å²) in [6.07, 6.45) is 0. The summed E-state index contributed by atoms with van der Waals surface area (Å²) in [5.41, 5.74) is 9.90. The van der Waals surface area contributed by atoms with Crippen molar-refractivity contribution >= 4 is 39.0 Å². The zero-order valence-electron chi connectivity index (χ0n) is 27.0. The first-order valence-electron chi connectivity index (χ1n) is 16.6. The van der Waals surface area contributed by atoms with Crippen molar-refractivity contribution in [3.05, 3.63) is 182 Å². The molecule has 0 N–H and O–H groups in total. The lowest BCUT2D eigenvalue weighted by Crippen LogP contribution is -2.10. The van der Waals surface area contributed by atoms with E-state index in [1.807, 2.05) is 84.9 Å². The highest BCUT2D eigenvalue weighted by molar-refractivity contribution is 6.13. The lowest BCUT2D eigenvalue weighted by atomic mass is 10.0. The number of hydrogen-bond acceptors (Lipinski definition) is 5. The van der Waals surface area contributed by atoms with Crippen LogP contribution in [0, 0.1) is 0 Å². The standard InChI is InChI=1S/C45H30N4O/c1-4-13-31(14-5-1)32-23-27-36(28-24-32)49(39-20-12-22-41-42(39)38-19-10-11-21-40(38)50-41)37-29-25-35(26-30-37)45-47-43(33-15-6-2-7-16-33)46-44(48-45)34-17-8-3-9-18-34/h1-30H. The fourth-order valence-electron chi connectivity index (χ4n) is 6.50. The van der Waals surface area contributed by atoms with Gasteiger partial charge in [-0.25, -0.2) is 15.0 Å². The van der Waals surface area contributed by atoms with Gasteiger partial charge >= 0.3 is 0 Å². The quantitative estimate of drug-likeness (QED) is 0.173. The Morgan fingerprint density at radius 3 is 1.32 bits per heavy atom. The predicted octanol–water partition coefficient (Wildman–Crippen LogP) is 11.9. The van der Waals surface area contributed by atoms with Crippen molar-refractivity contribution in [3.63, 3.8) is 0 Å². The molecule has 5 nitrogen and oxygen atoms in total. The van der Waals surface area contributed by atoms with Crippen LogP contribution in [0.25, 0.3) is 67.2 Å². The first-order chi connectivity index (χ1) is 24.8. The lowest BCUT2D eigenvalue weighted by molar-refractivity contribution is 0.669. The molecule has 0 unspecified atom stereocenters. The molecule has 9 rings (SSSR count). The first-order valence-corrected chi connectivity index (χ1v) is 16.6. The molecule has 2 aromatic heterocycles. The van der Waals surface area contributed by atoms with Crippen molar-refractivity contribution in [3.8, 4) is 45.3 Å². The van der Waals surface area contributed by atoms with E-state index in [0.29, 0.717) is 17.5 Å². The molecule has 0 spiro atoms. The number of para-hydroxylation sites is 1. The largest absolute Gasteiger partial charge is 0.456 e. The molecule has 0 fully saturated rings. The highest BCUT2D eigenvalue weighted by Gasteiger charge is 2.20. The van der Waals surface area contributed by atoms with E-state index >= 15 is 0 Å². The van der Waals surface area contributed by atoms with Gasteiger partial charge in [0.25, 0.3) is 0 Å². The Hall–Kier alpha value is -6.85. The van der Waals surface area contributed by atoms with Gasteiger partial charge in [0.1, 0.15) is 11.2 Å². The van der Waals surface area contributed by atoms with Crippen LogP contribution in [0.5, 0.6) is 0 Å². The third kappa shape index (κ3) is 5.47. The highest BCUT2D eigenvalue weighted by Crippen LogP contribution is 2.43. The number of fused-ring (bicyclic) bond motifs is 3. The van der Waals surface area contributed by atoms with E-state index in [1.165, 1.54) is 5.56 Å². The number of anilines is 3. The Balaban J connectivity index is 1.18. The summed E-state index contributed by atoms with van der Waals surface area (Å²) < 4.78 is 6.32. The van der Waals surface area contributed by atoms with Crippen molar-refractivity contribution in [1.29, 1.82) is 0 Å². The van der Waals surface area contributed by atoms with E-state index in [2.05, 4.69) is 102 Å². The van der Waals surface area contributed by atoms with Gasteiger partial charge in [-0.15, -0.1) is 0 Å². The minimum Gasteiger partial charge on any atom is -0.456 e.